The Balaban J connectivity index is 1.95. The van der Waals surface area contributed by atoms with Crippen LogP contribution in [-0.2, 0) is 13.3 Å². The van der Waals surface area contributed by atoms with E-state index in [1.165, 1.54) is 21.5 Å². The molecule has 0 spiro atoms. The average Bonchev–Trinajstić information content (AvgIpc) is 2.91. The third-order valence-corrected chi connectivity index (χ3v) is 11.3. The molecule has 180 valence electrons. The SMILES string of the molecule is CCO[Si](OCC)(OCC)c1ccccc1-c1ccccc1P(c1ccccc1)c1ccccc1. The van der Waals surface area contributed by atoms with Gasteiger partial charge < -0.3 is 13.3 Å². The highest BCUT2D eigenvalue weighted by Crippen LogP contribution is 2.37. The Morgan fingerprint density at radius 1 is 0.514 bits per heavy atom. The Morgan fingerprint density at radius 2 is 0.943 bits per heavy atom. The smallest absolute Gasteiger partial charge is 0.370 e. The highest BCUT2D eigenvalue weighted by atomic mass is 31.1. The van der Waals surface area contributed by atoms with Crippen molar-refractivity contribution in [3.05, 3.63) is 109 Å². The molecule has 0 heterocycles. The molecular formula is C30H33O3PSi. The first-order valence-corrected chi connectivity index (χ1v) is 15.3. The van der Waals surface area contributed by atoms with Gasteiger partial charge in [-0.1, -0.05) is 109 Å². The molecule has 0 aliphatic rings. The molecule has 5 heteroatoms. The fourth-order valence-corrected chi connectivity index (χ4v) is 9.56. The van der Waals surface area contributed by atoms with Gasteiger partial charge in [0.1, 0.15) is 0 Å². The summed E-state index contributed by atoms with van der Waals surface area (Å²) in [4.78, 5) is 0. The lowest BCUT2D eigenvalue weighted by atomic mass is 10.1. The molecule has 0 aliphatic carbocycles. The van der Waals surface area contributed by atoms with Crippen LogP contribution in [0, 0.1) is 0 Å². The van der Waals surface area contributed by atoms with Crippen molar-refractivity contribution >= 4 is 37.8 Å². The summed E-state index contributed by atoms with van der Waals surface area (Å²) in [5.74, 6) is 0. The molecular weight excluding hydrogens is 467 g/mol. The van der Waals surface area contributed by atoms with Crippen molar-refractivity contribution in [1.29, 1.82) is 0 Å². The quantitative estimate of drug-likeness (QED) is 0.205. The molecule has 0 N–H and O–H groups in total. The molecule has 35 heavy (non-hydrogen) atoms. The van der Waals surface area contributed by atoms with Crippen LogP contribution in [0.15, 0.2) is 109 Å². The Morgan fingerprint density at radius 3 is 1.46 bits per heavy atom. The van der Waals surface area contributed by atoms with Crippen molar-refractivity contribution in [3.63, 3.8) is 0 Å². The van der Waals surface area contributed by atoms with Crippen LogP contribution in [0.1, 0.15) is 20.8 Å². The van der Waals surface area contributed by atoms with Gasteiger partial charge in [0, 0.05) is 25.0 Å². The number of benzene rings is 4. The van der Waals surface area contributed by atoms with Gasteiger partial charge in [-0.05, 0) is 55.7 Å². The van der Waals surface area contributed by atoms with Crippen LogP contribution in [0.5, 0.6) is 0 Å². The molecule has 4 rings (SSSR count). The number of hydrogen-bond acceptors (Lipinski definition) is 3. The van der Waals surface area contributed by atoms with Crippen molar-refractivity contribution in [1.82, 2.24) is 0 Å². The van der Waals surface area contributed by atoms with Gasteiger partial charge in [0.2, 0.25) is 0 Å². The normalized spacial score (nSPS) is 11.7. The predicted molar refractivity (Wildman–Crippen MR) is 151 cm³/mol. The van der Waals surface area contributed by atoms with Crippen molar-refractivity contribution in [2.24, 2.45) is 0 Å². The van der Waals surface area contributed by atoms with Gasteiger partial charge in [-0.25, -0.2) is 0 Å². The first-order chi connectivity index (χ1) is 17.2. The fraction of sp³-hybridized carbons (Fsp3) is 0.200. The van der Waals surface area contributed by atoms with Gasteiger partial charge in [0.25, 0.3) is 0 Å². The van der Waals surface area contributed by atoms with E-state index in [-0.39, 0.29) is 0 Å². The van der Waals surface area contributed by atoms with Gasteiger partial charge in [-0.2, -0.15) is 0 Å². The summed E-state index contributed by atoms with van der Waals surface area (Å²) in [6.07, 6.45) is 0. The maximum atomic E-state index is 6.33. The first kappa shape index (κ1) is 25.5. The summed E-state index contributed by atoms with van der Waals surface area (Å²) < 4.78 is 19.0. The van der Waals surface area contributed by atoms with Crippen LogP contribution in [0.3, 0.4) is 0 Å². The topological polar surface area (TPSA) is 27.7 Å². The third-order valence-electron chi connectivity index (χ3n) is 5.72. The second-order valence-electron chi connectivity index (χ2n) is 7.92. The molecule has 0 saturated heterocycles. The van der Waals surface area contributed by atoms with Crippen LogP contribution < -0.4 is 21.1 Å². The molecule has 4 aromatic carbocycles. The summed E-state index contributed by atoms with van der Waals surface area (Å²) >= 11 is 0. The minimum Gasteiger partial charge on any atom is -0.370 e. The van der Waals surface area contributed by atoms with Crippen LogP contribution in [0.4, 0.5) is 0 Å². The summed E-state index contributed by atoms with van der Waals surface area (Å²) in [5.41, 5.74) is 2.31. The Kier molecular flexibility index (Phi) is 9.03. The van der Waals surface area contributed by atoms with Gasteiger partial charge in [-0.15, -0.1) is 0 Å². The zero-order chi connectivity index (χ0) is 24.5. The van der Waals surface area contributed by atoms with E-state index in [2.05, 4.69) is 109 Å². The van der Waals surface area contributed by atoms with E-state index in [1.54, 1.807) is 0 Å². The van der Waals surface area contributed by atoms with Gasteiger partial charge in [0.05, 0.1) is 0 Å². The van der Waals surface area contributed by atoms with E-state index < -0.39 is 16.7 Å². The fourth-order valence-electron chi connectivity index (χ4n) is 4.39. The predicted octanol–water partition coefficient (Wildman–Crippen LogP) is 5.37. The number of rotatable bonds is 11. The summed E-state index contributed by atoms with van der Waals surface area (Å²) in [5, 5.41) is 4.97. The molecule has 0 aliphatic heterocycles. The van der Waals surface area contributed by atoms with E-state index in [0.29, 0.717) is 19.8 Å². The summed E-state index contributed by atoms with van der Waals surface area (Å²) in [6.45, 7) is 7.59. The van der Waals surface area contributed by atoms with Gasteiger partial charge in [0.15, 0.2) is 0 Å². The molecule has 0 saturated carbocycles. The van der Waals surface area contributed by atoms with E-state index in [9.17, 15) is 0 Å². The van der Waals surface area contributed by atoms with Crippen molar-refractivity contribution in [2.75, 3.05) is 19.8 Å². The monoisotopic (exact) mass is 500 g/mol. The Hall–Kier alpha value is -2.59. The maximum absolute atomic E-state index is 6.33. The minimum absolute atomic E-state index is 0.531. The summed E-state index contributed by atoms with van der Waals surface area (Å²) in [6, 6.07) is 38.8. The Bertz CT molecular complexity index is 1140. The molecule has 0 bridgehead atoms. The zero-order valence-electron chi connectivity index (χ0n) is 20.7. The van der Waals surface area contributed by atoms with E-state index in [1.807, 2.05) is 20.8 Å². The molecule has 3 nitrogen and oxygen atoms in total. The average molecular weight is 501 g/mol. The van der Waals surface area contributed by atoms with Gasteiger partial charge >= 0.3 is 8.80 Å². The second kappa shape index (κ2) is 12.4. The van der Waals surface area contributed by atoms with Crippen molar-refractivity contribution in [2.45, 2.75) is 20.8 Å². The largest absolute Gasteiger partial charge is 0.537 e. The minimum atomic E-state index is -3.11. The molecule has 0 unspecified atom stereocenters. The standard InChI is InChI=1S/C30H33O3PSi/c1-4-31-35(32-5-2,33-6-3)30-24-16-14-22-28(30)27-21-13-15-23-29(27)34(25-17-9-7-10-18-25)26-19-11-8-12-20-26/h7-24H,4-6H2,1-3H3. The second-order valence-corrected chi connectivity index (χ2v) is 12.6. The molecule has 0 amide bonds. The summed E-state index contributed by atoms with van der Waals surface area (Å²) in [7, 11) is -3.88. The lowest BCUT2D eigenvalue weighted by Gasteiger charge is -2.31. The zero-order valence-corrected chi connectivity index (χ0v) is 22.6. The molecule has 0 aromatic heterocycles. The van der Waals surface area contributed by atoms with Gasteiger partial charge in [-0.3, -0.25) is 0 Å². The highest BCUT2D eigenvalue weighted by molar-refractivity contribution is 7.80. The van der Waals surface area contributed by atoms with E-state index in [4.69, 9.17) is 13.3 Å². The van der Waals surface area contributed by atoms with Crippen LogP contribution in [-0.4, -0.2) is 28.6 Å². The van der Waals surface area contributed by atoms with Crippen molar-refractivity contribution < 1.29 is 13.3 Å². The Labute approximate surface area is 211 Å². The van der Waals surface area contributed by atoms with E-state index in [0.717, 1.165) is 10.8 Å². The molecule has 0 radical (unpaired) electrons. The highest BCUT2D eigenvalue weighted by Gasteiger charge is 2.45. The first-order valence-electron chi connectivity index (χ1n) is 12.2. The molecule has 0 fully saturated rings. The van der Waals surface area contributed by atoms with Crippen LogP contribution in [0.2, 0.25) is 0 Å². The number of hydrogen-bond donors (Lipinski definition) is 0. The lowest BCUT2D eigenvalue weighted by Crippen LogP contribution is -2.57. The van der Waals surface area contributed by atoms with Crippen LogP contribution in [0.25, 0.3) is 11.1 Å². The molecule has 4 aromatic rings. The maximum Gasteiger partial charge on any atom is 0.537 e. The van der Waals surface area contributed by atoms with E-state index >= 15 is 0 Å². The lowest BCUT2D eigenvalue weighted by molar-refractivity contribution is 0.0860. The third kappa shape index (κ3) is 5.64. The van der Waals surface area contributed by atoms with Crippen molar-refractivity contribution in [3.8, 4) is 11.1 Å². The molecule has 0 atom stereocenters. The van der Waals surface area contributed by atoms with Crippen LogP contribution >= 0.6 is 7.92 Å².